The Bertz CT molecular complexity index is 966. The standard InChI is InChI=1S/C35H59NO8/c1-25(18-19-29(37)14-7-5-12-26(2)21-28-13-9-15-30(38)23-28)11-6-8-16-31-32(42-4)22-27(3)35(40,43-31)24-33(39)36-20-10-17-34(36)44-41/h18,21,27-28,30-32,34,38,40-41H,5-17,19-20,22-24H2,1-4H3/b25-18+,26-21+/t27-,28+,30+,31+,32+,34-,35+/m1/s1. The Balaban J connectivity index is 1.34. The lowest BCUT2D eigenvalue weighted by molar-refractivity contribution is -0.313. The van der Waals surface area contributed by atoms with E-state index in [1.165, 1.54) is 22.5 Å². The van der Waals surface area contributed by atoms with E-state index in [4.69, 9.17) is 14.7 Å². The Kier molecular flexibility index (Phi) is 15.5. The Morgan fingerprint density at radius 1 is 1.00 bits per heavy atom. The van der Waals surface area contributed by atoms with Crippen LogP contribution in [0, 0.1) is 11.8 Å². The van der Waals surface area contributed by atoms with Gasteiger partial charge in [-0.25, -0.2) is 10.1 Å². The zero-order valence-electron chi connectivity index (χ0n) is 27.7. The van der Waals surface area contributed by atoms with E-state index in [1.807, 2.05) is 6.92 Å². The lowest BCUT2D eigenvalue weighted by Gasteiger charge is -2.45. The molecule has 3 aliphatic rings. The number of unbranched alkanes of at least 4 members (excludes halogenated alkanes) is 2. The molecule has 3 fully saturated rings. The molecule has 0 aromatic carbocycles. The zero-order valence-corrected chi connectivity index (χ0v) is 27.7. The fraction of sp³-hybridized carbons (Fsp3) is 0.829. The smallest absolute Gasteiger partial charge is 0.230 e. The number of hydrogen-bond donors (Lipinski definition) is 3. The summed E-state index contributed by atoms with van der Waals surface area (Å²) in [6.45, 7) is 6.61. The summed E-state index contributed by atoms with van der Waals surface area (Å²) in [7, 11) is 1.65. The van der Waals surface area contributed by atoms with Crippen LogP contribution in [0.4, 0.5) is 0 Å². The van der Waals surface area contributed by atoms with Crippen LogP contribution in [0.25, 0.3) is 0 Å². The molecule has 0 spiro atoms. The number of methoxy groups -OCH3 is 1. The summed E-state index contributed by atoms with van der Waals surface area (Å²) in [5, 5.41) is 30.4. The summed E-state index contributed by atoms with van der Waals surface area (Å²) < 4.78 is 11.9. The first-order valence-corrected chi connectivity index (χ1v) is 17.1. The van der Waals surface area contributed by atoms with E-state index in [-0.39, 0.29) is 42.3 Å². The van der Waals surface area contributed by atoms with Crippen molar-refractivity contribution in [1.82, 2.24) is 4.90 Å². The van der Waals surface area contributed by atoms with Gasteiger partial charge in [-0.1, -0.05) is 43.1 Å². The Morgan fingerprint density at radius 3 is 2.45 bits per heavy atom. The molecule has 0 radical (unpaired) electrons. The van der Waals surface area contributed by atoms with Crippen LogP contribution in [0.5, 0.6) is 0 Å². The molecule has 7 atom stereocenters. The third-order valence-corrected chi connectivity index (χ3v) is 9.95. The molecule has 3 rings (SSSR count). The van der Waals surface area contributed by atoms with Crippen molar-refractivity contribution in [1.29, 1.82) is 0 Å². The normalized spacial score (nSPS) is 31.8. The number of ether oxygens (including phenoxy) is 2. The van der Waals surface area contributed by atoms with Crippen molar-refractivity contribution in [3.8, 4) is 0 Å². The van der Waals surface area contributed by atoms with E-state index in [1.54, 1.807) is 7.11 Å². The van der Waals surface area contributed by atoms with Crippen molar-refractivity contribution in [3.05, 3.63) is 23.3 Å². The molecule has 2 aliphatic heterocycles. The van der Waals surface area contributed by atoms with E-state index in [2.05, 4.69) is 30.9 Å². The maximum absolute atomic E-state index is 12.9. The fourth-order valence-electron chi connectivity index (χ4n) is 7.10. The average molecular weight is 622 g/mol. The highest BCUT2D eigenvalue weighted by Gasteiger charge is 2.48. The van der Waals surface area contributed by atoms with E-state index in [0.29, 0.717) is 44.6 Å². The summed E-state index contributed by atoms with van der Waals surface area (Å²) in [4.78, 5) is 31.3. The summed E-state index contributed by atoms with van der Waals surface area (Å²) in [6, 6.07) is 0. The minimum atomic E-state index is -1.59. The fourth-order valence-corrected chi connectivity index (χ4v) is 7.10. The van der Waals surface area contributed by atoms with Gasteiger partial charge >= 0.3 is 0 Å². The lowest BCUT2D eigenvalue weighted by atomic mass is 9.84. The van der Waals surface area contributed by atoms with E-state index >= 15 is 0 Å². The van der Waals surface area contributed by atoms with Crippen molar-refractivity contribution < 1.29 is 39.4 Å². The molecule has 2 heterocycles. The molecular weight excluding hydrogens is 562 g/mol. The summed E-state index contributed by atoms with van der Waals surface area (Å²) in [5.74, 6) is -1.38. The molecule has 2 saturated heterocycles. The second-order valence-electron chi connectivity index (χ2n) is 13.7. The molecule has 44 heavy (non-hydrogen) atoms. The van der Waals surface area contributed by atoms with Gasteiger partial charge in [0.1, 0.15) is 5.78 Å². The molecule has 1 amide bonds. The second-order valence-corrected chi connectivity index (χ2v) is 13.7. The van der Waals surface area contributed by atoms with Gasteiger partial charge in [0.25, 0.3) is 0 Å². The highest BCUT2D eigenvalue weighted by molar-refractivity contribution is 5.79. The number of carbonyl (C=O) groups is 2. The van der Waals surface area contributed by atoms with Crippen molar-refractivity contribution >= 4 is 11.7 Å². The van der Waals surface area contributed by atoms with Crippen LogP contribution in [0.2, 0.25) is 0 Å². The highest BCUT2D eigenvalue weighted by Crippen LogP contribution is 2.38. The monoisotopic (exact) mass is 621 g/mol. The molecule has 9 heteroatoms. The SMILES string of the molecule is CO[C@H]1C[C@@H](C)[C@](O)(CC(=O)N2CCC[C@H]2OO)O[C@H]1CCCC/C(C)=C/CC(=O)CCCC/C(C)=C/[C@@H]1CCC[C@H](O)C1. The number of ketones is 1. The number of nitrogens with zero attached hydrogens (tertiary/aromatic N) is 1. The molecule has 1 saturated carbocycles. The van der Waals surface area contributed by atoms with E-state index in [0.717, 1.165) is 64.2 Å². The average Bonchev–Trinajstić information content (AvgIpc) is 3.47. The van der Waals surface area contributed by atoms with Gasteiger partial charge in [-0.05, 0) is 96.8 Å². The van der Waals surface area contributed by atoms with Crippen LogP contribution in [0.1, 0.15) is 130 Å². The van der Waals surface area contributed by atoms with Crippen molar-refractivity contribution in [2.24, 2.45) is 11.8 Å². The number of aliphatic hydroxyl groups excluding tert-OH is 1. The Morgan fingerprint density at radius 2 is 1.73 bits per heavy atom. The Hall–Kier alpha value is -1.62. The van der Waals surface area contributed by atoms with Gasteiger partial charge in [-0.15, -0.1) is 0 Å². The first-order valence-electron chi connectivity index (χ1n) is 17.1. The number of rotatable bonds is 17. The maximum Gasteiger partial charge on any atom is 0.230 e. The van der Waals surface area contributed by atoms with Gasteiger partial charge in [-0.3, -0.25) is 9.59 Å². The summed E-state index contributed by atoms with van der Waals surface area (Å²) in [6.07, 6.45) is 16.4. The maximum atomic E-state index is 12.9. The van der Waals surface area contributed by atoms with E-state index in [9.17, 15) is 19.8 Å². The molecular formula is C35H59NO8. The van der Waals surface area contributed by atoms with Gasteiger partial charge in [0, 0.05) is 32.4 Å². The van der Waals surface area contributed by atoms with Crippen LogP contribution >= 0.6 is 0 Å². The van der Waals surface area contributed by atoms with Gasteiger partial charge in [-0.2, -0.15) is 0 Å². The van der Waals surface area contributed by atoms with Gasteiger partial charge in [0.15, 0.2) is 12.0 Å². The molecule has 0 bridgehead atoms. The first kappa shape index (κ1) is 36.8. The molecule has 0 aromatic heterocycles. The number of hydrogen-bond acceptors (Lipinski definition) is 8. The number of aliphatic hydroxyl groups is 2. The number of allylic oxidation sites excluding steroid dienone is 4. The first-order chi connectivity index (χ1) is 21.0. The van der Waals surface area contributed by atoms with Crippen molar-refractivity contribution in [2.45, 2.75) is 160 Å². The van der Waals surface area contributed by atoms with Gasteiger partial charge in [0.2, 0.25) is 5.91 Å². The number of likely N-dealkylation sites (tertiary alicyclic amines) is 1. The van der Waals surface area contributed by atoms with Crippen molar-refractivity contribution in [2.75, 3.05) is 13.7 Å². The lowest BCUT2D eigenvalue weighted by Crippen LogP contribution is -2.55. The molecule has 3 N–H and O–H groups in total. The van der Waals surface area contributed by atoms with Crippen LogP contribution in [-0.2, 0) is 24.0 Å². The van der Waals surface area contributed by atoms with Crippen LogP contribution < -0.4 is 0 Å². The van der Waals surface area contributed by atoms with Crippen LogP contribution in [0.3, 0.4) is 0 Å². The predicted octanol–water partition coefficient (Wildman–Crippen LogP) is 6.47. The minimum Gasteiger partial charge on any atom is -0.393 e. The molecule has 252 valence electrons. The van der Waals surface area contributed by atoms with Gasteiger partial charge in [0.05, 0.1) is 24.7 Å². The van der Waals surface area contributed by atoms with Crippen LogP contribution in [-0.4, -0.2) is 76.0 Å². The van der Waals surface area contributed by atoms with Crippen molar-refractivity contribution in [3.63, 3.8) is 0 Å². The summed E-state index contributed by atoms with van der Waals surface area (Å²) >= 11 is 0. The zero-order chi connectivity index (χ0) is 32.1. The number of Topliss-reactive ketones (excluding diaryl/α,β-unsaturated/α-hetero) is 1. The molecule has 0 aromatic rings. The number of carbonyl (C=O) groups excluding carboxylic acids is 2. The van der Waals surface area contributed by atoms with Gasteiger partial charge < -0.3 is 24.6 Å². The molecule has 1 aliphatic carbocycles. The third-order valence-electron chi connectivity index (χ3n) is 9.95. The van der Waals surface area contributed by atoms with E-state index < -0.39 is 12.0 Å². The third kappa shape index (κ3) is 11.6. The quantitative estimate of drug-likeness (QED) is 0.0731. The highest BCUT2D eigenvalue weighted by atomic mass is 17.1. The predicted molar refractivity (Wildman–Crippen MR) is 170 cm³/mol. The topological polar surface area (TPSA) is 126 Å². The van der Waals surface area contributed by atoms with Crippen LogP contribution in [0.15, 0.2) is 23.3 Å². The second kappa shape index (κ2) is 18.5. The molecule has 9 nitrogen and oxygen atoms in total. The Labute approximate surface area is 264 Å². The molecule has 0 unspecified atom stereocenters. The minimum absolute atomic E-state index is 0.146. The number of amides is 1. The largest absolute Gasteiger partial charge is 0.393 e. The summed E-state index contributed by atoms with van der Waals surface area (Å²) in [5.41, 5.74) is 2.59.